The summed E-state index contributed by atoms with van der Waals surface area (Å²) in [5.74, 6) is 2.36. The van der Waals surface area contributed by atoms with Crippen LogP contribution in [0.1, 0.15) is 13.8 Å². The highest BCUT2D eigenvalue weighted by atomic mass is 32.2. The maximum absolute atomic E-state index is 5.93. The first kappa shape index (κ1) is 13.2. The lowest BCUT2D eigenvalue weighted by Gasteiger charge is -2.18. The van der Waals surface area contributed by atoms with Crippen LogP contribution in [-0.4, -0.2) is 25.5 Å². The van der Waals surface area contributed by atoms with Crippen molar-refractivity contribution in [2.75, 3.05) is 20.0 Å². The van der Waals surface area contributed by atoms with Gasteiger partial charge in [0.1, 0.15) is 0 Å². The third-order valence-electron chi connectivity index (χ3n) is 1.97. The molecular weight excluding hydrogens is 222 g/mol. The van der Waals surface area contributed by atoms with Crippen molar-refractivity contribution in [3.8, 4) is 11.5 Å². The fraction of sp³-hybridized carbons (Fsp3) is 0.500. The molecule has 0 heterocycles. The molecule has 0 spiro atoms. The first-order valence-electron chi connectivity index (χ1n) is 5.10. The summed E-state index contributed by atoms with van der Waals surface area (Å²) in [4.78, 5) is 1.14. The van der Waals surface area contributed by atoms with Crippen molar-refractivity contribution in [2.24, 2.45) is 5.73 Å². The van der Waals surface area contributed by atoms with Gasteiger partial charge < -0.3 is 15.2 Å². The Morgan fingerprint density at radius 1 is 1.19 bits per heavy atom. The average molecular weight is 241 g/mol. The molecule has 0 aliphatic rings. The van der Waals surface area contributed by atoms with E-state index in [1.165, 1.54) is 0 Å². The molecule has 90 valence electrons. The predicted molar refractivity (Wildman–Crippen MR) is 68.5 cm³/mol. The quantitative estimate of drug-likeness (QED) is 0.805. The number of thioether (sulfide) groups is 1. The molecule has 4 heteroatoms. The summed E-state index contributed by atoms with van der Waals surface area (Å²) in [5, 5.41) is 0. The van der Waals surface area contributed by atoms with Crippen LogP contribution in [0.4, 0.5) is 0 Å². The van der Waals surface area contributed by atoms with E-state index >= 15 is 0 Å². The van der Waals surface area contributed by atoms with E-state index in [0.29, 0.717) is 0 Å². The van der Waals surface area contributed by atoms with Gasteiger partial charge in [-0.2, -0.15) is 0 Å². The summed E-state index contributed by atoms with van der Waals surface area (Å²) in [5.41, 5.74) is 5.76. The molecule has 0 unspecified atom stereocenters. The summed E-state index contributed by atoms with van der Waals surface area (Å²) in [6.07, 6.45) is 0. The van der Waals surface area contributed by atoms with Crippen LogP contribution in [0.5, 0.6) is 11.5 Å². The maximum Gasteiger partial charge on any atom is 0.161 e. The Morgan fingerprint density at radius 2 is 1.81 bits per heavy atom. The summed E-state index contributed by atoms with van der Waals surface area (Å²) < 4.78 is 10.4. The molecule has 1 aromatic carbocycles. The molecule has 3 nitrogen and oxygen atoms in total. The number of rotatable bonds is 5. The van der Waals surface area contributed by atoms with Crippen molar-refractivity contribution in [1.29, 1.82) is 0 Å². The van der Waals surface area contributed by atoms with Gasteiger partial charge in [0.05, 0.1) is 14.2 Å². The van der Waals surface area contributed by atoms with Gasteiger partial charge in [0, 0.05) is 16.2 Å². The number of nitrogens with two attached hydrogens (primary N) is 1. The van der Waals surface area contributed by atoms with Crippen LogP contribution in [0.25, 0.3) is 0 Å². The lowest BCUT2D eigenvalue weighted by molar-refractivity contribution is 0.354. The first-order valence-corrected chi connectivity index (χ1v) is 6.08. The van der Waals surface area contributed by atoms with Crippen LogP contribution in [0.3, 0.4) is 0 Å². The molecule has 16 heavy (non-hydrogen) atoms. The Labute approximate surface area is 101 Å². The monoisotopic (exact) mass is 241 g/mol. The Morgan fingerprint density at radius 3 is 2.31 bits per heavy atom. The van der Waals surface area contributed by atoms with Gasteiger partial charge in [-0.25, -0.2) is 0 Å². The van der Waals surface area contributed by atoms with Gasteiger partial charge in [0.25, 0.3) is 0 Å². The molecule has 2 N–H and O–H groups in total. The van der Waals surface area contributed by atoms with E-state index in [9.17, 15) is 0 Å². The predicted octanol–water partition coefficient (Wildman–Crippen LogP) is 2.53. The number of ether oxygens (including phenoxy) is 2. The van der Waals surface area contributed by atoms with Gasteiger partial charge in [-0.15, -0.1) is 11.8 Å². The fourth-order valence-electron chi connectivity index (χ4n) is 1.18. The van der Waals surface area contributed by atoms with E-state index in [0.717, 1.165) is 22.1 Å². The van der Waals surface area contributed by atoms with Crippen molar-refractivity contribution in [1.82, 2.24) is 0 Å². The smallest absolute Gasteiger partial charge is 0.161 e. The molecule has 0 atom stereocenters. The summed E-state index contributed by atoms with van der Waals surface area (Å²) in [6.45, 7) is 4.03. The molecule has 0 amide bonds. The van der Waals surface area contributed by atoms with Crippen LogP contribution in [0.15, 0.2) is 23.1 Å². The topological polar surface area (TPSA) is 44.5 Å². The van der Waals surface area contributed by atoms with Crippen molar-refractivity contribution in [2.45, 2.75) is 24.3 Å². The van der Waals surface area contributed by atoms with E-state index in [1.54, 1.807) is 26.0 Å². The highest BCUT2D eigenvalue weighted by Gasteiger charge is 2.12. The largest absolute Gasteiger partial charge is 0.493 e. The maximum atomic E-state index is 5.93. The van der Waals surface area contributed by atoms with E-state index in [4.69, 9.17) is 15.2 Å². The zero-order chi connectivity index (χ0) is 12.2. The van der Waals surface area contributed by atoms with Gasteiger partial charge >= 0.3 is 0 Å². The molecule has 0 fully saturated rings. The Hall–Kier alpha value is -0.870. The van der Waals surface area contributed by atoms with Gasteiger partial charge in [0.15, 0.2) is 11.5 Å². The Kier molecular flexibility index (Phi) is 4.50. The van der Waals surface area contributed by atoms with Crippen LogP contribution >= 0.6 is 11.8 Å². The Balaban J connectivity index is 2.75. The first-order chi connectivity index (χ1) is 7.46. The second kappa shape index (κ2) is 5.46. The second-order valence-electron chi connectivity index (χ2n) is 4.29. The molecule has 0 aromatic heterocycles. The standard InChI is InChI=1S/C12H19NO2S/c1-12(2,13)8-16-9-5-6-10(14-3)11(7-9)15-4/h5-7H,8,13H2,1-4H3. The third-order valence-corrected chi connectivity index (χ3v) is 3.44. The van der Waals surface area contributed by atoms with Gasteiger partial charge in [0.2, 0.25) is 0 Å². The van der Waals surface area contributed by atoms with Gasteiger partial charge in [-0.3, -0.25) is 0 Å². The third kappa shape index (κ3) is 3.94. The number of hydrogen-bond acceptors (Lipinski definition) is 4. The lowest BCUT2D eigenvalue weighted by Crippen LogP contribution is -2.34. The summed E-state index contributed by atoms with van der Waals surface area (Å²) in [6, 6.07) is 5.89. The normalized spacial score (nSPS) is 11.3. The molecule has 0 aliphatic heterocycles. The van der Waals surface area contributed by atoms with Crippen LogP contribution in [0.2, 0.25) is 0 Å². The minimum Gasteiger partial charge on any atom is -0.493 e. The highest BCUT2D eigenvalue weighted by Crippen LogP contribution is 2.32. The zero-order valence-corrected chi connectivity index (χ0v) is 11.1. The molecule has 0 saturated carbocycles. The van der Waals surface area contributed by atoms with Crippen LogP contribution in [0, 0.1) is 0 Å². The average Bonchev–Trinajstić information content (AvgIpc) is 2.25. The SMILES string of the molecule is COc1ccc(SCC(C)(C)N)cc1OC. The van der Waals surface area contributed by atoms with Crippen molar-refractivity contribution < 1.29 is 9.47 Å². The van der Waals surface area contributed by atoms with Crippen molar-refractivity contribution in [3.05, 3.63) is 18.2 Å². The molecule has 1 aromatic rings. The summed E-state index contributed by atoms with van der Waals surface area (Å²) >= 11 is 1.72. The highest BCUT2D eigenvalue weighted by molar-refractivity contribution is 7.99. The molecule has 1 rings (SSSR count). The molecular formula is C12H19NO2S. The summed E-state index contributed by atoms with van der Waals surface area (Å²) in [7, 11) is 3.27. The van der Waals surface area contributed by atoms with Gasteiger partial charge in [-0.1, -0.05) is 0 Å². The van der Waals surface area contributed by atoms with Crippen molar-refractivity contribution >= 4 is 11.8 Å². The van der Waals surface area contributed by atoms with E-state index < -0.39 is 0 Å². The molecule has 0 saturated heterocycles. The van der Waals surface area contributed by atoms with Crippen LogP contribution < -0.4 is 15.2 Å². The molecule has 0 bridgehead atoms. The lowest BCUT2D eigenvalue weighted by atomic mass is 10.1. The second-order valence-corrected chi connectivity index (χ2v) is 5.34. The van der Waals surface area contributed by atoms with E-state index in [2.05, 4.69) is 0 Å². The number of methoxy groups -OCH3 is 2. The van der Waals surface area contributed by atoms with Gasteiger partial charge in [-0.05, 0) is 32.0 Å². The minimum absolute atomic E-state index is 0.169. The molecule has 0 radical (unpaired) electrons. The Bertz CT molecular complexity index is 347. The molecule has 0 aliphatic carbocycles. The fourth-order valence-corrected chi connectivity index (χ4v) is 2.07. The van der Waals surface area contributed by atoms with Crippen LogP contribution in [-0.2, 0) is 0 Å². The van der Waals surface area contributed by atoms with E-state index in [1.807, 2.05) is 32.0 Å². The van der Waals surface area contributed by atoms with E-state index in [-0.39, 0.29) is 5.54 Å². The van der Waals surface area contributed by atoms with Crippen molar-refractivity contribution in [3.63, 3.8) is 0 Å². The number of benzene rings is 1. The minimum atomic E-state index is -0.169. The zero-order valence-electron chi connectivity index (χ0n) is 10.2. The number of hydrogen-bond donors (Lipinski definition) is 1.